The minimum Gasteiger partial charge on any atom is -0.387 e. The van der Waals surface area contributed by atoms with Gasteiger partial charge in [0.15, 0.2) is 0 Å². The molecule has 0 aromatic rings. The lowest BCUT2D eigenvalue weighted by Gasteiger charge is -2.25. The largest absolute Gasteiger partial charge is 0.472 e. The number of quaternary nitrogens is 1. The van der Waals surface area contributed by atoms with Crippen LogP contribution in [0, 0.1) is 0 Å². The van der Waals surface area contributed by atoms with Gasteiger partial charge in [-0.2, -0.15) is 0 Å². The fraction of sp³-hybridized carbons (Fsp3) is 0.894. The molecule has 556 valence electrons. The minimum absolute atomic E-state index is 0.0550. The number of unbranched alkanes of at least 4 members (excludes halogenated alkanes) is 60. The predicted molar refractivity (Wildman–Crippen MR) is 415 cm³/mol. The van der Waals surface area contributed by atoms with Crippen molar-refractivity contribution in [1.82, 2.24) is 5.32 Å². The zero-order valence-electron chi connectivity index (χ0n) is 64.0. The number of aliphatic hydroxyl groups excluding tert-OH is 1. The SMILES string of the molecule is CCCCCCCCCC/C=C\CCCCCCCCCCCCCCCCCCCCCCCCCCCCCCCC(=O)NC(COP(=O)(O)OCC[N+](C)(C)C)C(O)/C=C/CC/C=C/CC/C=C/CCCCCCCCCCCCCCCCCCCCCCC. The number of phosphoric acid groups is 1. The first-order valence-corrected chi connectivity index (χ1v) is 43.5. The summed E-state index contributed by atoms with van der Waals surface area (Å²) in [6.07, 6.45) is 105. The molecule has 0 bridgehead atoms. The van der Waals surface area contributed by atoms with E-state index in [0.717, 1.165) is 44.9 Å². The predicted octanol–water partition coefficient (Wildman–Crippen LogP) is 27.7. The van der Waals surface area contributed by atoms with Crippen molar-refractivity contribution in [3.05, 3.63) is 48.6 Å². The number of likely N-dealkylation sites (N-methyl/N-ethyl adjacent to an activating group) is 1. The Bertz CT molecular complexity index is 1680. The van der Waals surface area contributed by atoms with Crippen LogP contribution in [-0.4, -0.2) is 73.4 Å². The summed E-state index contributed by atoms with van der Waals surface area (Å²) in [4.78, 5) is 23.5. The first-order chi connectivity index (χ1) is 46.0. The third-order valence-corrected chi connectivity index (χ3v) is 20.5. The van der Waals surface area contributed by atoms with Crippen LogP contribution in [0.25, 0.3) is 0 Å². The van der Waals surface area contributed by atoms with Crippen LogP contribution in [-0.2, 0) is 18.4 Å². The smallest absolute Gasteiger partial charge is 0.387 e. The molecule has 0 aromatic heterocycles. The Morgan fingerprint density at radius 1 is 0.351 bits per heavy atom. The molecular formula is C85H166N2O6P+. The van der Waals surface area contributed by atoms with E-state index < -0.39 is 20.0 Å². The molecule has 3 N–H and O–H groups in total. The second kappa shape index (κ2) is 75.7. The first kappa shape index (κ1) is 92.5. The molecule has 0 spiro atoms. The second-order valence-corrected chi connectivity index (χ2v) is 31.6. The van der Waals surface area contributed by atoms with E-state index in [2.05, 4.69) is 55.6 Å². The van der Waals surface area contributed by atoms with Crippen molar-refractivity contribution >= 4 is 13.7 Å². The number of hydrogen-bond acceptors (Lipinski definition) is 5. The summed E-state index contributed by atoms with van der Waals surface area (Å²) < 4.78 is 23.9. The van der Waals surface area contributed by atoms with Gasteiger partial charge < -0.3 is 19.8 Å². The molecule has 1 amide bonds. The minimum atomic E-state index is -4.37. The van der Waals surface area contributed by atoms with Crippen molar-refractivity contribution in [1.29, 1.82) is 0 Å². The first-order valence-electron chi connectivity index (χ1n) is 42.0. The number of allylic oxidation sites excluding steroid dienone is 7. The Morgan fingerprint density at radius 3 is 0.851 bits per heavy atom. The summed E-state index contributed by atoms with van der Waals surface area (Å²) in [6, 6.07) is -0.872. The molecule has 3 unspecified atom stereocenters. The molecule has 3 atom stereocenters. The Morgan fingerprint density at radius 2 is 0.585 bits per heavy atom. The molecule has 0 aliphatic rings. The number of amides is 1. The molecule has 0 heterocycles. The van der Waals surface area contributed by atoms with Gasteiger partial charge in [0.1, 0.15) is 13.2 Å². The number of phosphoric ester groups is 1. The Hall–Kier alpha value is -1.54. The molecule has 0 saturated carbocycles. The molecule has 0 aliphatic heterocycles. The molecule has 0 aromatic carbocycles. The van der Waals surface area contributed by atoms with Crippen LogP contribution in [0.1, 0.15) is 438 Å². The second-order valence-electron chi connectivity index (χ2n) is 30.2. The van der Waals surface area contributed by atoms with Gasteiger partial charge in [-0.1, -0.05) is 409 Å². The van der Waals surface area contributed by atoms with E-state index in [1.807, 2.05) is 27.2 Å². The third-order valence-electron chi connectivity index (χ3n) is 19.5. The van der Waals surface area contributed by atoms with Gasteiger partial charge in [-0.25, -0.2) is 4.57 Å². The zero-order chi connectivity index (χ0) is 68.3. The van der Waals surface area contributed by atoms with Gasteiger partial charge in [0, 0.05) is 6.42 Å². The lowest BCUT2D eigenvalue weighted by atomic mass is 10.0. The molecule has 0 radical (unpaired) electrons. The van der Waals surface area contributed by atoms with Crippen molar-refractivity contribution in [3.63, 3.8) is 0 Å². The van der Waals surface area contributed by atoms with Gasteiger partial charge in [0.2, 0.25) is 5.91 Å². The lowest BCUT2D eigenvalue weighted by Crippen LogP contribution is -2.45. The van der Waals surface area contributed by atoms with Gasteiger partial charge in [0.25, 0.3) is 0 Å². The maximum atomic E-state index is 13.1. The number of nitrogens with one attached hydrogen (secondary N) is 1. The molecule has 9 heteroatoms. The number of hydrogen-bond donors (Lipinski definition) is 3. The molecule has 8 nitrogen and oxygen atoms in total. The summed E-state index contributed by atoms with van der Waals surface area (Å²) in [6.45, 7) is 4.85. The van der Waals surface area contributed by atoms with Gasteiger partial charge in [-0.15, -0.1) is 0 Å². The highest BCUT2D eigenvalue weighted by molar-refractivity contribution is 7.47. The van der Waals surface area contributed by atoms with Crippen LogP contribution in [0.3, 0.4) is 0 Å². The molecule has 0 aliphatic carbocycles. The fourth-order valence-corrected chi connectivity index (χ4v) is 13.8. The highest BCUT2D eigenvalue weighted by atomic mass is 31.2. The van der Waals surface area contributed by atoms with E-state index in [9.17, 15) is 19.4 Å². The van der Waals surface area contributed by atoms with E-state index in [1.165, 1.54) is 372 Å². The molecule has 0 rings (SSSR count). The highest BCUT2D eigenvalue weighted by Gasteiger charge is 2.28. The number of aliphatic hydroxyl groups is 1. The normalized spacial score (nSPS) is 13.6. The maximum absolute atomic E-state index is 13.1. The average Bonchev–Trinajstić information content (AvgIpc) is 1.77. The number of rotatable bonds is 79. The maximum Gasteiger partial charge on any atom is 0.472 e. The van der Waals surface area contributed by atoms with Crippen LogP contribution in [0.2, 0.25) is 0 Å². The van der Waals surface area contributed by atoms with Crippen molar-refractivity contribution in [2.45, 2.75) is 450 Å². The van der Waals surface area contributed by atoms with Gasteiger partial charge >= 0.3 is 7.82 Å². The third kappa shape index (κ3) is 77.8. The zero-order valence-corrected chi connectivity index (χ0v) is 64.9. The molecule has 0 fully saturated rings. The highest BCUT2D eigenvalue weighted by Crippen LogP contribution is 2.43. The van der Waals surface area contributed by atoms with Gasteiger partial charge in [0.05, 0.1) is 39.9 Å². The quantitative estimate of drug-likeness (QED) is 0.0243. The topological polar surface area (TPSA) is 105 Å². The van der Waals surface area contributed by atoms with E-state index in [-0.39, 0.29) is 19.1 Å². The van der Waals surface area contributed by atoms with Crippen LogP contribution in [0.5, 0.6) is 0 Å². The monoisotopic (exact) mass is 1340 g/mol. The number of carbonyl (C=O) groups excluding carboxylic acids is 1. The van der Waals surface area contributed by atoms with Crippen molar-refractivity contribution in [2.75, 3.05) is 40.9 Å². The standard InChI is InChI=1S/C85H165N2O6P/c1-6-8-10-12-14-16-18-20-22-24-26-28-30-32-34-36-38-39-40-41-42-43-44-45-46-47-49-51-53-55-57-59-61-63-65-67-69-71-73-75-77-79-85(89)86-83(82-93-94(90,91)92-81-80-87(3,4)5)84(88)78-76-74-72-70-68-66-64-62-60-58-56-54-52-50-48-37-35-33-31-29-27-25-23-21-19-17-15-13-11-9-7-2/h24,26,60,62,68,70,76,78,83-84,88H,6-23,25,27-59,61,63-67,69,71-75,77,79-82H2,1-5H3,(H-,86,89,90,91)/p+1/b26-24-,62-60+,70-68+,78-76+. The molecule has 0 saturated heterocycles. The summed E-state index contributed by atoms with van der Waals surface area (Å²) in [5, 5.41) is 14.0. The van der Waals surface area contributed by atoms with Crippen LogP contribution >= 0.6 is 7.82 Å². The summed E-state index contributed by atoms with van der Waals surface area (Å²) in [7, 11) is 1.56. The Kier molecular flexibility index (Phi) is 74.4. The molecule has 94 heavy (non-hydrogen) atoms. The van der Waals surface area contributed by atoms with Crippen LogP contribution in [0.4, 0.5) is 0 Å². The number of carbonyl (C=O) groups is 1. The fourth-order valence-electron chi connectivity index (χ4n) is 13.0. The number of nitrogens with zero attached hydrogens (tertiary/aromatic N) is 1. The van der Waals surface area contributed by atoms with Crippen molar-refractivity contribution in [3.8, 4) is 0 Å². The Labute approximate surface area is 588 Å². The van der Waals surface area contributed by atoms with E-state index >= 15 is 0 Å². The summed E-state index contributed by atoms with van der Waals surface area (Å²) >= 11 is 0. The average molecular weight is 1340 g/mol. The van der Waals surface area contributed by atoms with Crippen LogP contribution in [0.15, 0.2) is 48.6 Å². The van der Waals surface area contributed by atoms with Gasteiger partial charge in [-0.3, -0.25) is 13.8 Å². The van der Waals surface area contributed by atoms with Crippen LogP contribution < -0.4 is 5.32 Å². The lowest BCUT2D eigenvalue weighted by molar-refractivity contribution is -0.870. The molecular weight excluding hydrogens is 1180 g/mol. The summed E-state index contributed by atoms with van der Waals surface area (Å²) in [5.41, 5.74) is 0. The van der Waals surface area contributed by atoms with Crippen molar-refractivity contribution in [2.24, 2.45) is 0 Å². The van der Waals surface area contributed by atoms with E-state index in [1.54, 1.807) is 6.08 Å². The van der Waals surface area contributed by atoms with E-state index in [4.69, 9.17) is 9.05 Å². The van der Waals surface area contributed by atoms with E-state index in [0.29, 0.717) is 17.4 Å². The summed E-state index contributed by atoms with van der Waals surface area (Å²) in [5.74, 6) is -0.182. The van der Waals surface area contributed by atoms with Gasteiger partial charge in [-0.05, 0) is 70.6 Å². The van der Waals surface area contributed by atoms with Crippen molar-refractivity contribution < 1.29 is 32.9 Å². The Balaban J connectivity index is 3.94.